The summed E-state index contributed by atoms with van der Waals surface area (Å²) in [5.74, 6) is -0.872. The smallest absolute Gasteiger partial charge is 0.294 e. The normalized spacial score (nSPS) is 17.8. The van der Waals surface area contributed by atoms with Crippen LogP contribution in [-0.4, -0.2) is 45.0 Å². The summed E-state index contributed by atoms with van der Waals surface area (Å²) in [6, 6.07) is 12.4. The van der Waals surface area contributed by atoms with E-state index in [4.69, 9.17) is 11.6 Å². The number of fused-ring (bicyclic) bond motifs is 1. The van der Waals surface area contributed by atoms with E-state index in [1.54, 1.807) is 4.90 Å². The zero-order valence-electron chi connectivity index (χ0n) is 15.3. The maximum absolute atomic E-state index is 12.7. The molecule has 6 nitrogen and oxygen atoms in total. The van der Waals surface area contributed by atoms with Crippen LogP contribution in [0, 0.1) is 0 Å². The molecule has 2 aromatic rings. The summed E-state index contributed by atoms with van der Waals surface area (Å²) in [6.07, 6.45) is 2.16. The minimum absolute atomic E-state index is 0.0516. The van der Waals surface area contributed by atoms with Crippen molar-refractivity contribution in [2.45, 2.75) is 13.0 Å². The highest BCUT2D eigenvalue weighted by atomic mass is 35.5. The topological polar surface area (TPSA) is 77.9 Å². The van der Waals surface area contributed by atoms with E-state index in [2.05, 4.69) is 0 Å². The molecule has 2 aliphatic rings. The van der Waals surface area contributed by atoms with Crippen molar-refractivity contribution in [1.29, 1.82) is 0 Å². The molecule has 1 saturated heterocycles. The molecular weight excluding hydrogens is 412 g/mol. The Morgan fingerprint density at radius 1 is 1.17 bits per heavy atom. The van der Waals surface area contributed by atoms with Crippen LogP contribution >= 0.6 is 23.4 Å². The van der Waals surface area contributed by atoms with Crippen LogP contribution in [0.25, 0.3) is 6.08 Å². The molecule has 0 unspecified atom stereocenters. The van der Waals surface area contributed by atoms with Crippen LogP contribution in [-0.2, 0) is 22.6 Å². The largest absolute Gasteiger partial charge is 0.507 e. The summed E-state index contributed by atoms with van der Waals surface area (Å²) in [7, 11) is 0. The number of imide groups is 1. The molecule has 0 bridgehead atoms. The van der Waals surface area contributed by atoms with E-state index in [0.29, 0.717) is 23.7 Å². The quantitative estimate of drug-likeness (QED) is 0.755. The van der Waals surface area contributed by atoms with Crippen molar-refractivity contribution in [2.75, 3.05) is 13.1 Å². The monoisotopic (exact) mass is 428 g/mol. The van der Waals surface area contributed by atoms with Gasteiger partial charge in [0.05, 0.1) is 4.91 Å². The van der Waals surface area contributed by atoms with E-state index in [0.717, 1.165) is 28.6 Å². The van der Waals surface area contributed by atoms with Gasteiger partial charge in [-0.1, -0.05) is 35.9 Å². The van der Waals surface area contributed by atoms with Gasteiger partial charge in [0.1, 0.15) is 12.3 Å². The van der Waals surface area contributed by atoms with E-state index in [1.807, 2.05) is 24.3 Å². The average Bonchev–Trinajstić information content (AvgIpc) is 2.97. The molecule has 8 heteroatoms. The van der Waals surface area contributed by atoms with Gasteiger partial charge in [-0.25, -0.2) is 0 Å². The number of amides is 3. The Bertz CT molecular complexity index is 1050. The Hall–Kier alpha value is -2.77. The molecule has 0 saturated carbocycles. The average molecular weight is 429 g/mol. The van der Waals surface area contributed by atoms with E-state index in [1.165, 1.54) is 29.8 Å². The molecule has 3 amide bonds. The third-order valence-electron chi connectivity index (χ3n) is 4.93. The minimum atomic E-state index is -0.551. The van der Waals surface area contributed by atoms with Gasteiger partial charge in [0, 0.05) is 23.7 Å². The van der Waals surface area contributed by atoms with Gasteiger partial charge in [-0.3, -0.25) is 19.3 Å². The molecular formula is C21H17ClN2O4S. The van der Waals surface area contributed by atoms with Gasteiger partial charge < -0.3 is 10.0 Å². The number of thioether (sulfide) groups is 1. The van der Waals surface area contributed by atoms with Crippen LogP contribution in [0.5, 0.6) is 5.75 Å². The summed E-state index contributed by atoms with van der Waals surface area (Å²) in [6.45, 7) is 0.724. The lowest BCUT2D eigenvalue weighted by atomic mass is 10.00. The second-order valence-electron chi connectivity index (χ2n) is 6.80. The second-order valence-corrected chi connectivity index (χ2v) is 8.23. The predicted molar refractivity (Wildman–Crippen MR) is 111 cm³/mol. The van der Waals surface area contributed by atoms with Gasteiger partial charge in [0.15, 0.2) is 0 Å². The molecule has 29 heavy (non-hydrogen) atoms. The highest BCUT2D eigenvalue weighted by Gasteiger charge is 2.37. The first-order chi connectivity index (χ1) is 13.9. The van der Waals surface area contributed by atoms with E-state index >= 15 is 0 Å². The molecule has 0 spiro atoms. The SMILES string of the molecule is O=C(CN1C(=O)S/C(=C\c2cc(Cl)ccc2O)C1=O)N1CCc2ccccc2C1. The van der Waals surface area contributed by atoms with Crippen molar-refractivity contribution >= 4 is 46.5 Å². The maximum atomic E-state index is 12.7. The predicted octanol–water partition coefficient (Wildman–Crippen LogP) is 3.67. The number of hydrogen-bond acceptors (Lipinski definition) is 5. The molecule has 0 aliphatic carbocycles. The Kier molecular flexibility index (Phi) is 5.34. The number of nitrogens with zero attached hydrogens (tertiary/aromatic N) is 2. The molecule has 2 aromatic carbocycles. The fraction of sp³-hybridized carbons (Fsp3) is 0.190. The molecule has 1 fully saturated rings. The van der Waals surface area contributed by atoms with Crippen molar-refractivity contribution in [3.8, 4) is 5.75 Å². The van der Waals surface area contributed by atoms with Gasteiger partial charge in [-0.15, -0.1) is 0 Å². The number of carbonyl (C=O) groups is 3. The summed E-state index contributed by atoms with van der Waals surface area (Å²) in [4.78, 5) is 40.5. The summed E-state index contributed by atoms with van der Waals surface area (Å²) < 4.78 is 0. The number of carbonyl (C=O) groups excluding carboxylic acids is 3. The zero-order valence-corrected chi connectivity index (χ0v) is 16.9. The highest BCUT2D eigenvalue weighted by molar-refractivity contribution is 8.18. The van der Waals surface area contributed by atoms with Crippen molar-refractivity contribution in [1.82, 2.24) is 9.80 Å². The number of phenolic OH excluding ortho intramolecular Hbond substituents is 1. The summed E-state index contributed by atoms with van der Waals surface area (Å²) in [5.41, 5.74) is 2.63. The Morgan fingerprint density at radius 3 is 2.72 bits per heavy atom. The van der Waals surface area contributed by atoms with Crippen LogP contribution < -0.4 is 0 Å². The van der Waals surface area contributed by atoms with E-state index in [-0.39, 0.29) is 23.1 Å². The number of aromatic hydroxyl groups is 1. The van der Waals surface area contributed by atoms with Crippen LogP contribution in [0.1, 0.15) is 16.7 Å². The van der Waals surface area contributed by atoms with E-state index < -0.39 is 11.1 Å². The summed E-state index contributed by atoms with van der Waals surface area (Å²) in [5, 5.41) is 9.82. The van der Waals surface area contributed by atoms with Gasteiger partial charge >= 0.3 is 0 Å². The Labute approximate surface area is 176 Å². The van der Waals surface area contributed by atoms with Gasteiger partial charge in [0.2, 0.25) is 5.91 Å². The molecule has 148 valence electrons. The Balaban J connectivity index is 1.48. The van der Waals surface area contributed by atoms with Crippen LogP contribution in [0.3, 0.4) is 0 Å². The fourth-order valence-electron chi connectivity index (χ4n) is 3.36. The minimum Gasteiger partial charge on any atom is -0.507 e. The van der Waals surface area contributed by atoms with Crippen molar-refractivity contribution in [3.05, 3.63) is 69.1 Å². The molecule has 0 radical (unpaired) electrons. The van der Waals surface area contributed by atoms with Crippen molar-refractivity contribution in [3.63, 3.8) is 0 Å². The number of hydrogen-bond donors (Lipinski definition) is 1. The highest BCUT2D eigenvalue weighted by Crippen LogP contribution is 2.34. The molecule has 2 heterocycles. The van der Waals surface area contributed by atoms with Crippen molar-refractivity contribution < 1.29 is 19.5 Å². The maximum Gasteiger partial charge on any atom is 0.294 e. The van der Waals surface area contributed by atoms with Gasteiger partial charge in [0.25, 0.3) is 11.1 Å². The Morgan fingerprint density at radius 2 is 1.93 bits per heavy atom. The number of benzene rings is 2. The number of halogens is 1. The molecule has 1 N–H and O–H groups in total. The van der Waals surface area contributed by atoms with Gasteiger partial charge in [-0.05, 0) is 53.6 Å². The van der Waals surface area contributed by atoms with Crippen molar-refractivity contribution in [2.24, 2.45) is 0 Å². The van der Waals surface area contributed by atoms with Gasteiger partial charge in [-0.2, -0.15) is 0 Å². The van der Waals surface area contributed by atoms with E-state index in [9.17, 15) is 19.5 Å². The third kappa shape index (κ3) is 4.02. The standard InChI is InChI=1S/C21H17ClN2O4S/c22-16-5-6-17(25)15(9-16)10-18-20(27)24(21(28)29-18)12-19(26)23-8-7-13-3-1-2-4-14(13)11-23/h1-6,9-10,25H,7-8,11-12H2/b18-10-. The number of rotatable bonds is 3. The first kappa shape index (κ1) is 19.5. The fourth-order valence-corrected chi connectivity index (χ4v) is 4.37. The van der Waals surface area contributed by atoms with Crippen LogP contribution in [0.15, 0.2) is 47.4 Å². The molecule has 0 aromatic heterocycles. The molecule has 4 rings (SSSR count). The lowest BCUT2D eigenvalue weighted by molar-refractivity contribution is -0.136. The molecule has 2 aliphatic heterocycles. The van der Waals surface area contributed by atoms with Crippen LogP contribution in [0.4, 0.5) is 4.79 Å². The first-order valence-corrected chi connectivity index (χ1v) is 10.2. The lowest BCUT2D eigenvalue weighted by Gasteiger charge is -2.29. The first-order valence-electron chi connectivity index (χ1n) is 9.01. The zero-order chi connectivity index (χ0) is 20.5. The third-order valence-corrected chi connectivity index (χ3v) is 6.07. The molecule has 0 atom stereocenters. The van der Waals surface area contributed by atoms with Crippen LogP contribution in [0.2, 0.25) is 5.02 Å². The number of phenols is 1. The second kappa shape index (κ2) is 7.93. The summed E-state index contributed by atoms with van der Waals surface area (Å²) >= 11 is 6.67. The lowest BCUT2D eigenvalue weighted by Crippen LogP contribution is -2.44.